The molecule has 0 spiro atoms. The molecule has 21 heteroatoms. The molecule has 0 bridgehead atoms. The number of nitro groups is 1. The zero-order valence-corrected chi connectivity index (χ0v) is 30.9. The van der Waals surface area contributed by atoms with Crippen molar-refractivity contribution in [2.45, 2.75) is 71.1 Å². The van der Waals surface area contributed by atoms with E-state index in [2.05, 4.69) is 15.4 Å². The van der Waals surface area contributed by atoms with E-state index in [4.69, 9.17) is 37.6 Å². The molecule has 1 aliphatic rings. The highest BCUT2D eigenvalue weighted by Gasteiger charge is 2.24. The first-order valence-electron chi connectivity index (χ1n) is 17.0. The van der Waals surface area contributed by atoms with Gasteiger partial charge >= 0.3 is 24.1 Å². The van der Waals surface area contributed by atoms with Gasteiger partial charge in [-0.25, -0.2) is 14.4 Å². The van der Waals surface area contributed by atoms with E-state index >= 15 is 0 Å². The normalized spacial score (nSPS) is 12.3. The van der Waals surface area contributed by atoms with Crippen LogP contribution in [0.2, 0.25) is 0 Å². The molecule has 2 aromatic carbocycles. The smallest absolute Gasteiger partial charge is 0.480 e. The van der Waals surface area contributed by atoms with Gasteiger partial charge in [-0.2, -0.15) is 0 Å². The number of carbonyl (C=O) groups is 7. The fourth-order valence-corrected chi connectivity index (χ4v) is 4.16. The summed E-state index contributed by atoms with van der Waals surface area (Å²) < 4.78 is 4.24. The van der Waals surface area contributed by atoms with Crippen LogP contribution in [0.3, 0.4) is 0 Å². The van der Waals surface area contributed by atoms with Crippen LogP contribution in [0.15, 0.2) is 60.7 Å². The first-order chi connectivity index (χ1) is 26.3. The van der Waals surface area contributed by atoms with E-state index in [1.165, 1.54) is 29.2 Å². The number of primary amides is 1. The maximum atomic E-state index is 11.7. The van der Waals surface area contributed by atoms with Gasteiger partial charge in [-0.1, -0.05) is 32.4 Å². The molecule has 1 aliphatic heterocycles. The van der Waals surface area contributed by atoms with E-state index in [1.807, 2.05) is 0 Å². The number of urea groups is 1. The topological polar surface area (TPSA) is 358 Å². The highest BCUT2D eigenvalue weighted by molar-refractivity contribution is 6.12. The summed E-state index contributed by atoms with van der Waals surface area (Å²) in [5.41, 5.74) is 16.9. The number of hydrogen-bond donors (Lipinski definition) is 9. The van der Waals surface area contributed by atoms with Crippen molar-refractivity contribution in [1.29, 1.82) is 0 Å². The molecular formula is C35H49N7O14. The van der Waals surface area contributed by atoms with Gasteiger partial charge in [0, 0.05) is 49.5 Å². The van der Waals surface area contributed by atoms with Crippen molar-refractivity contribution in [2.75, 3.05) is 18.8 Å². The third kappa shape index (κ3) is 22.5. The van der Waals surface area contributed by atoms with Crippen LogP contribution in [0.25, 0.3) is 0 Å². The summed E-state index contributed by atoms with van der Waals surface area (Å²) >= 11 is 0. The average molecular weight is 792 g/mol. The van der Waals surface area contributed by atoms with Crippen LogP contribution in [-0.2, 0) is 30.6 Å². The average Bonchev–Trinajstić information content (AvgIpc) is 3.45. The summed E-state index contributed by atoms with van der Waals surface area (Å²) in [6, 6.07) is 9.55. The van der Waals surface area contributed by atoms with Crippen molar-refractivity contribution in [3.05, 3.63) is 76.4 Å². The first-order valence-corrected chi connectivity index (χ1v) is 17.0. The number of benzene rings is 2. The minimum absolute atomic E-state index is 0.0538. The second kappa shape index (κ2) is 27.0. The van der Waals surface area contributed by atoms with Crippen LogP contribution >= 0.6 is 0 Å². The maximum Gasteiger partial charge on any atom is 0.511 e. The van der Waals surface area contributed by atoms with E-state index in [0.717, 1.165) is 23.4 Å². The molecule has 0 saturated heterocycles. The number of carboxylic acid groups (broad SMARTS) is 3. The van der Waals surface area contributed by atoms with E-state index < -0.39 is 41.1 Å². The molecule has 308 valence electrons. The Bertz CT molecular complexity index is 1620. The lowest BCUT2D eigenvalue weighted by Crippen LogP contribution is -2.44. The molecule has 0 saturated carbocycles. The summed E-state index contributed by atoms with van der Waals surface area (Å²) in [6.07, 6.45) is 4.00. The number of rotatable bonds is 17. The quantitative estimate of drug-likeness (QED) is 0.0210. The molecule has 0 radical (unpaired) electrons. The minimum atomic E-state index is -1.45. The number of aliphatic carboxylic acids is 2. The summed E-state index contributed by atoms with van der Waals surface area (Å²) in [5.74, 6) is -3.10. The molecule has 56 heavy (non-hydrogen) atoms. The van der Waals surface area contributed by atoms with Gasteiger partial charge in [-0.15, -0.1) is 0 Å². The molecule has 0 fully saturated rings. The number of carboxylic acids is 2. The van der Waals surface area contributed by atoms with Gasteiger partial charge in [0.25, 0.3) is 17.5 Å². The number of nitrogens with one attached hydrogen (secondary N) is 2. The lowest BCUT2D eigenvalue weighted by Gasteiger charge is -2.18. The Hall–Kier alpha value is -6.61. The van der Waals surface area contributed by atoms with Crippen LogP contribution in [0, 0.1) is 16.0 Å². The SMILES string of the molecule is CC(C)[C@H](NC(=O)CCCCCN1C(=O)C=CC1=O)C(=O)O.NC(=O)NCCC[C@H](N)C(=O)O.Nc1ccc(CO)cc1.O=C(O)Oc1ccc([N+](=O)[O-])cc1. The largest absolute Gasteiger partial charge is 0.511 e. The van der Waals surface area contributed by atoms with E-state index in [1.54, 1.807) is 38.1 Å². The molecule has 5 amide bonds. The van der Waals surface area contributed by atoms with Crippen LogP contribution in [0.5, 0.6) is 5.75 Å². The number of amides is 5. The number of imide groups is 1. The third-order valence-electron chi connectivity index (χ3n) is 7.16. The van der Waals surface area contributed by atoms with Gasteiger partial charge in [0.2, 0.25) is 5.91 Å². The number of ether oxygens (including phenoxy) is 1. The van der Waals surface area contributed by atoms with Crippen molar-refractivity contribution in [2.24, 2.45) is 17.4 Å². The van der Waals surface area contributed by atoms with Crippen LogP contribution < -0.4 is 32.6 Å². The molecule has 2 aromatic rings. The van der Waals surface area contributed by atoms with E-state index in [-0.39, 0.29) is 48.1 Å². The van der Waals surface area contributed by atoms with E-state index in [0.29, 0.717) is 45.2 Å². The van der Waals surface area contributed by atoms with E-state index in [9.17, 15) is 43.7 Å². The molecule has 0 aliphatic carbocycles. The fourth-order valence-electron chi connectivity index (χ4n) is 4.16. The Morgan fingerprint density at radius 2 is 1.45 bits per heavy atom. The lowest BCUT2D eigenvalue weighted by atomic mass is 10.0. The van der Waals surface area contributed by atoms with Gasteiger partial charge in [0.05, 0.1) is 11.5 Å². The Morgan fingerprint density at radius 1 is 0.875 bits per heavy atom. The number of aliphatic hydroxyl groups is 1. The van der Waals surface area contributed by atoms with Gasteiger partial charge in [-0.05, 0) is 61.4 Å². The van der Waals surface area contributed by atoms with Gasteiger partial charge in [0.15, 0.2) is 0 Å². The molecule has 3 rings (SSSR count). The monoisotopic (exact) mass is 791 g/mol. The van der Waals surface area contributed by atoms with Crippen molar-refractivity contribution >= 4 is 53.2 Å². The lowest BCUT2D eigenvalue weighted by molar-refractivity contribution is -0.384. The Morgan fingerprint density at radius 3 is 1.89 bits per heavy atom. The number of nitrogens with two attached hydrogens (primary N) is 3. The molecule has 12 N–H and O–H groups in total. The second-order valence-electron chi connectivity index (χ2n) is 12.0. The summed E-state index contributed by atoms with van der Waals surface area (Å²) in [7, 11) is 0. The fraction of sp³-hybridized carbons (Fsp3) is 0.400. The molecule has 21 nitrogen and oxygen atoms in total. The highest BCUT2D eigenvalue weighted by Crippen LogP contribution is 2.17. The number of nitrogen functional groups attached to an aromatic ring is 1. The van der Waals surface area contributed by atoms with Crippen molar-refractivity contribution in [3.63, 3.8) is 0 Å². The van der Waals surface area contributed by atoms with Gasteiger partial charge < -0.3 is 53.0 Å². The Labute approximate surface area is 321 Å². The summed E-state index contributed by atoms with van der Waals surface area (Å²) in [4.78, 5) is 86.4. The maximum absolute atomic E-state index is 11.7. The molecule has 2 atom stereocenters. The molecule has 0 unspecified atom stereocenters. The summed E-state index contributed by atoms with van der Waals surface area (Å²) in [5, 5.41) is 49.1. The van der Waals surface area contributed by atoms with Gasteiger partial charge in [-0.3, -0.25) is 34.2 Å². The standard InChI is InChI=1S/C15H22N2O5.C7H5NO5.C7H9NO.C6H13N3O3/c1-10(2)14(15(21)22)16-11(18)6-4-3-5-9-17-12(19)7-8-13(17)20;9-7(10)13-6-3-1-5(2-4-6)8(11)12;8-7-3-1-6(5-9)2-4-7;7-4(5(10)11)2-1-3-9-6(8)12/h7-8,10,14H,3-6,9H2,1-2H3,(H,16,18)(H,21,22);1-4H,(H,9,10);1-4,9H,5,8H2;4H,1-3,7H2,(H,10,11)(H3,8,9,12)/t14-;;;4-/m0..0/s1. The van der Waals surface area contributed by atoms with Gasteiger partial charge in [0.1, 0.15) is 17.8 Å². The molecule has 1 heterocycles. The Balaban J connectivity index is 0.000000765. The zero-order chi connectivity index (χ0) is 42.8. The zero-order valence-electron chi connectivity index (χ0n) is 30.9. The number of hydrogen-bond acceptors (Lipinski definition) is 13. The predicted molar refractivity (Wildman–Crippen MR) is 200 cm³/mol. The van der Waals surface area contributed by atoms with Crippen LogP contribution in [-0.4, -0.2) is 97.3 Å². The number of nitro benzene ring substituents is 1. The minimum Gasteiger partial charge on any atom is -0.480 e. The molecule has 0 aromatic heterocycles. The van der Waals surface area contributed by atoms with Crippen molar-refractivity contribution in [1.82, 2.24) is 15.5 Å². The van der Waals surface area contributed by atoms with Crippen LogP contribution in [0.4, 0.5) is 21.0 Å². The second-order valence-corrected chi connectivity index (χ2v) is 12.0. The third-order valence-corrected chi connectivity index (χ3v) is 7.16. The van der Waals surface area contributed by atoms with Crippen LogP contribution in [0.1, 0.15) is 57.9 Å². The number of non-ortho nitro benzene ring substituents is 1. The number of nitrogens with zero attached hydrogens (tertiary/aromatic N) is 2. The molecular weight excluding hydrogens is 742 g/mol. The van der Waals surface area contributed by atoms with Crippen molar-refractivity contribution < 1.29 is 63.6 Å². The number of carbonyl (C=O) groups excluding carboxylic acids is 4. The predicted octanol–water partition coefficient (Wildman–Crippen LogP) is 1.96. The first kappa shape index (κ1) is 49.4. The number of anilines is 1. The highest BCUT2D eigenvalue weighted by atomic mass is 16.7. The number of aliphatic hydroxyl groups excluding tert-OH is 1. The Kier molecular flexibility index (Phi) is 23.9. The number of unbranched alkanes of at least 4 members (excludes halogenated alkanes) is 2. The summed E-state index contributed by atoms with van der Waals surface area (Å²) in [6.45, 7) is 4.25. The van der Waals surface area contributed by atoms with Crippen molar-refractivity contribution in [3.8, 4) is 5.75 Å².